The molecule has 5 aromatic rings. The summed E-state index contributed by atoms with van der Waals surface area (Å²) in [6.45, 7) is 0.209. The average Bonchev–Trinajstić information content (AvgIpc) is 3.47. The summed E-state index contributed by atoms with van der Waals surface area (Å²) in [6, 6.07) is 19.6. The molecule has 0 aliphatic rings. The van der Waals surface area contributed by atoms with E-state index in [0.717, 1.165) is 22.0 Å². The molecule has 5 rings (SSSR count). The number of H-pyrrole nitrogens is 2. The van der Waals surface area contributed by atoms with Crippen molar-refractivity contribution >= 4 is 57.6 Å². The van der Waals surface area contributed by atoms with Crippen molar-refractivity contribution in [1.29, 1.82) is 0 Å². The molecule has 2 amide bonds. The molecule has 0 fully saturated rings. The minimum atomic E-state index is -0.491. The second kappa shape index (κ2) is 10.7. The van der Waals surface area contributed by atoms with Gasteiger partial charge in [-0.15, -0.1) is 0 Å². The van der Waals surface area contributed by atoms with Gasteiger partial charge in [-0.1, -0.05) is 71.2 Å². The molecule has 6 N–H and O–H groups in total. The molecule has 0 saturated carbocycles. The lowest BCUT2D eigenvalue weighted by atomic mass is 10.1. The fraction of sp³-hybridized carbons (Fsp3) is 0.115. The van der Waals surface area contributed by atoms with Gasteiger partial charge in [-0.2, -0.15) is 5.10 Å². The lowest BCUT2D eigenvalue weighted by Crippen LogP contribution is -2.38. The Hall–Kier alpha value is -3.72. The van der Waals surface area contributed by atoms with Gasteiger partial charge >= 0.3 is 6.03 Å². The highest BCUT2D eigenvalue weighted by Gasteiger charge is 2.22. The van der Waals surface area contributed by atoms with E-state index in [1.165, 1.54) is 0 Å². The molecule has 0 bridgehead atoms. The lowest BCUT2D eigenvalue weighted by Gasteiger charge is -2.18. The fourth-order valence-corrected chi connectivity index (χ4v) is 4.67. The van der Waals surface area contributed by atoms with Crippen LogP contribution in [0.25, 0.3) is 22.2 Å². The number of amides is 2. The molecule has 0 saturated heterocycles. The number of anilines is 1. The molecule has 0 radical (unpaired) electrons. The molecule has 0 spiro atoms. The molecule has 8 nitrogen and oxygen atoms in total. The summed E-state index contributed by atoms with van der Waals surface area (Å²) >= 11 is 18.9. The average molecular weight is 555 g/mol. The summed E-state index contributed by atoms with van der Waals surface area (Å²) in [6.07, 6.45) is 0.492. The van der Waals surface area contributed by atoms with Crippen molar-refractivity contribution in [2.75, 3.05) is 5.73 Å². The zero-order valence-corrected chi connectivity index (χ0v) is 21.6. The third-order valence-electron chi connectivity index (χ3n) is 5.91. The molecule has 3 aromatic carbocycles. The van der Waals surface area contributed by atoms with Crippen molar-refractivity contribution in [2.24, 2.45) is 0 Å². The first-order valence-corrected chi connectivity index (χ1v) is 12.5. The van der Waals surface area contributed by atoms with Crippen LogP contribution in [-0.2, 0) is 13.0 Å². The molecule has 2 aromatic heterocycles. The maximum Gasteiger partial charge on any atom is 0.315 e. The Morgan fingerprint density at radius 2 is 1.84 bits per heavy atom. The summed E-state index contributed by atoms with van der Waals surface area (Å²) in [5.74, 6) is 0.941. The number of fused-ring (bicyclic) bond motifs is 1. The van der Waals surface area contributed by atoms with Crippen LogP contribution in [-0.4, -0.2) is 26.2 Å². The number of benzene rings is 3. The van der Waals surface area contributed by atoms with Gasteiger partial charge in [0.1, 0.15) is 16.7 Å². The Labute approximate surface area is 227 Å². The second-order valence-electron chi connectivity index (χ2n) is 8.46. The number of aromatic nitrogens is 4. The molecule has 2 heterocycles. The normalized spacial score (nSPS) is 12.0. The Morgan fingerprint density at radius 3 is 2.65 bits per heavy atom. The highest BCUT2D eigenvalue weighted by atomic mass is 35.5. The topological polar surface area (TPSA) is 125 Å². The van der Waals surface area contributed by atoms with Crippen LogP contribution in [0, 0.1) is 0 Å². The van der Waals surface area contributed by atoms with Crippen molar-refractivity contribution in [3.8, 4) is 11.3 Å². The number of hydrogen-bond acceptors (Lipinski definition) is 4. The first-order chi connectivity index (χ1) is 17.9. The van der Waals surface area contributed by atoms with Crippen LogP contribution in [0.15, 0.2) is 66.7 Å². The van der Waals surface area contributed by atoms with Crippen molar-refractivity contribution in [2.45, 2.75) is 19.0 Å². The van der Waals surface area contributed by atoms with Gasteiger partial charge in [0.2, 0.25) is 0 Å². The molecule has 0 aliphatic carbocycles. The number of halogens is 3. The van der Waals surface area contributed by atoms with Crippen molar-refractivity contribution < 1.29 is 4.79 Å². The highest BCUT2D eigenvalue weighted by molar-refractivity contribution is 6.33. The van der Waals surface area contributed by atoms with Crippen molar-refractivity contribution in [1.82, 2.24) is 30.8 Å². The number of urea groups is 1. The van der Waals surface area contributed by atoms with Crippen molar-refractivity contribution in [3.05, 3.63) is 98.9 Å². The fourth-order valence-electron chi connectivity index (χ4n) is 4.04. The molecular formula is C26H22Cl3N7O. The largest absolute Gasteiger partial charge is 0.382 e. The standard InChI is InChI=1S/C26H22Cl3N7O/c27-17-7-9-19(28)16(11-17)13-31-26(37)32-21(10-14-4-2-1-3-5-14)25-33-22(23(29)34-25)15-6-8-18-20(12-15)35-36-24(18)30/h1-9,11-12,21H,10,13H2,(H,33,34)(H3,30,35,36)(H2,31,32,37)/t21-/m0/s1. The first-order valence-electron chi connectivity index (χ1n) is 11.4. The minimum Gasteiger partial charge on any atom is -0.382 e. The Balaban J connectivity index is 1.39. The zero-order valence-electron chi connectivity index (χ0n) is 19.4. The van der Waals surface area contributed by atoms with Crippen LogP contribution in [0.3, 0.4) is 0 Å². The number of aromatic amines is 2. The van der Waals surface area contributed by atoms with Crippen LogP contribution in [0.1, 0.15) is 23.0 Å². The van der Waals surface area contributed by atoms with E-state index < -0.39 is 6.04 Å². The van der Waals surface area contributed by atoms with Gasteiger partial charge in [0.15, 0.2) is 5.82 Å². The van der Waals surface area contributed by atoms with E-state index in [0.29, 0.717) is 44.5 Å². The quantitative estimate of drug-likeness (QED) is 0.162. The van der Waals surface area contributed by atoms with Gasteiger partial charge < -0.3 is 21.4 Å². The summed E-state index contributed by atoms with van der Waals surface area (Å²) in [7, 11) is 0. The van der Waals surface area contributed by atoms with E-state index in [1.54, 1.807) is 18.2 Å². The van der Waals surface area contributed by atoms with E-state index in [-0.39, 0.29) is 12.6 Å². The number of hydrogen-bond donors (Lipinski definition) is 5. The van der Waals surface area contributed by atoms with Crippen LogP contribution in [0.2, 0.25) is 15.2 Å². The van der Waals surface area contributed by atoms with Crippen LogP contribution >= 0.6 is 34.8 Å². The maximum atomic E-state index is 12.9. The third-order valence-corrected chi connectivity index (χ3v) is 6.79. The smallest absolute Gasteiger partial charge is 0.315 e. The monoisotopic (exact) mass is 553 g/mol. The number of nitrogen functional groups attached to an aromatic ring is 1. The number of nitrogens with one attached hydrogen (secondary N) is 4. The van der Waals surface area contributed by atoms with E-state index >= 15 is 0 Å². The van der Waals surface area contributed by atoms with E-state index in [9.17, 15) is 4.79 Å². The molecule has 0 aliphatic heterocycles. The van der Waals surface area contributed by atoms with Gasteiger partial charge in [-0.05, 0) is 47.9 Å². The van der Waals surface area contributed by atoms with E-state index in [1.807, 2.05) is 48.5 Å². The van der Waals surface area contributed by atoms with Gasteiger partial charge in [0, 0.05) is 27.5 Å². The Bertz CT molecular complexity index is 1570. The summed E-state index contributed by atoms with van der Waals surface area (Å²) < 4.78 is 0. The van der Waals surface area contributed by atoms with E-state index in [4.69, 9.17) is 45.5 Å². The Kier molecular flexibility index (Phi) is 7.23. The molecule has 1 atom stereocenters. The summed E-state index contributed by atoms with van der Waals surface area (Å²) in [5.41, 5.74) is 9.72. The summed E-state index contributed by atoms with van der Waals surface area (Å²) in [5, 5.41) is 15.0. The predicted octanol–water partition coefficient (Wildman–Crippen LogP) is 6.28. The van der Waals surface area contributed by atoms with Gasteiger partial charge in [0.05, 0.1) is 11.6 Å². The summed E-state index contributed by atoms with van der Waals surface area (Å²) in [4.78, 5) is 20.8. The number of carbonyl (C=O) groups is 1. The van der Waals surface area contributed by atoms with Gasteiger partial charge in [-0.3, -0.25) is 5.10 Å². The predicted molar refractivity (Wildman–Crippen MR) is 148 cm³/mol. The first kappa shape index (κ1) is 25.0. The molecule has 37 heavy (non-hydrogen) atoms. The number of imidazole rings is 1. The second-order valence-corrected chi connectivity index (χ2v) is 9.68. The number of rotatable bonds is 7. The SMILES string of the molecule is Nc1n[nH]c2cc(-c3nc([C@H](Cc4ccccc4)NC(=O)NCc4cc(Cl)ccc4Cl)[nH]c3Cl)ccc12. The van der Waals surface area contributed by atoms with Gasteiger partial charge in [-0.25, -0.2) is 9.78 Å². The molecule has 188 valence electrons. The molecular weight excluding hydrogens is 533 g/mol. The Morgan fingerprint density at radius 1 is 1.03 bits per heavy atom. The van der Waals surface area contributed by atoms with Gasteiger partial charge in [0.25, 0.3) is 0 Å². The minimum absolute atomic E-state index is 0.209. The molecule has 11 heteroatoms. The zero-order chi connectivity index (χ0) is 25.9. The van der Waals surface area contributed by atoms with Crippen LogP contribution in [0.5, 0.6) is 0 Å². The van der Waals surface area contributed by atoms with E-state index in [2.05, 4.69) is 25.8 Å². The number of nitrogens with two attached hydrogens (primary N) is 1. The number of carbonyl (C=O) groups excluding carboxylic acids is 1. The maximum absolute atomic E-state index is 12.9. The lowest BCUT2D eigenvalue weighted by molar-refractivity contribution is 0.236. The van der Waals surface area contributed by atoms with Crippen LogP contribution < -0.4 is 16.4 Å². The number of nitrogens with zero attached hydrogens (tertiary/aromatic N) is 2. The highest BCUT2D eigenvalue weighted by Crippen LogP contribution is 2.31. The third kappa shape index (κ3) is 5.67. The van der Waals surface area contributed by atoms with Crippen LogP contribution in [0.4, 0.5) is 10.6 Å². The molecule has 0 unspecified atom stereocenters. The van der Waals surface area contributed by atoms with Crippen molar-refractivity contribution in [3.63, 3.8) is 0 Å².